The number of rotatable bonds is 4. The highest BCUT2D eigenvalue weighted by Gasteiger charge is 2.02. The Hall–Kier alpha value is -2.73. The molecule has 6 nitrogen and oxygen atoms in total. The Balaban J connectivity index is 0.000000211. The van der Waals surface area contributed by atoms with Gasteiger partial charge in [-0.1, -0.05) is 18.2 Å². The van der Waals surface area contributed by atoms with E-state index in [-0.39, 0.29) is 5.69 Å². The van der Waals surface area contributed by atoms with E-state index < -0.39 is 4.92 Å². The molecule has 0 bridgehead atoms. The molecule has 6 heteroatoms. The van der Waals surface area contributed by atoms with E-state index in [1.807, 2.05) is 24.3 Å². The number of nitro groups is 1. The van der Waals surface area contributed by atoms with Gasteiger partial charge in [0.05, 0.1) is 12.0 Å². The van der Waals surface area contributed by atoms with E-state index in [9.17, 15) is 14.9 Å². The molecule has 0 aromatic heterocycles. The minimum Gasteiger partial charge on any atom is -0.496 e. The SMILES string of the molecule is COc1ccccc1CN.O=Cc1ccc([N+](=O)[O-])cc1. The maximum absolute atomic E-state index is 10.1. The average molecular weight is 288 g/mol. The van der Waals surface area contributed by atoms with Crippen molar-refractivity contribution in [2.45, 2.75) is 6.54 Å². The second-order valence-electron chi connectivity index (χ2n) is 3.98. The smallest absolute Gasteiger partial charge is 0.269 e. The lowest BCUT2D eigenvalue weighted by atomic mass is 10.2. The number of benzene rings is 2. The van der Waals surface area contributed by atoms with Gasteiger partial charge in [0, 0.05) is 29.8 Å². The number of hydrogen-bond acceptors (Lipinski definition) is 5. The first-order valence-electron chi connectivity index (χ1n) is 6.14. The fraction of sp³-hybridized carbons (Fsp3) is 0.133. The quantitative estimate of drug-likeness (QED) is 0.530. The first-order valence-corrected chi connectivity index (χ1v) is 6.14. The van der Waals surface area contributed by atoms with Gasteiger partial charge in [0.1, 0.15) is 12.0 Å². The normalized spacial score (nSPS) is 9.24. The summed E-state index contributed by atoms with van der Waals surface area (Å²) in [5.41, 5.74) is 6.93. The molecule has 0 unspecified atom stereocenters. The van der Waals surface area contributed by atoms with E-state index in [1.165, 1.54) is 24.3 Å². The number of aldehydes is 1. The van der Waals surface area contributed by atoms with Gasteiger partial charge in [-0.3, -0.25) is 14.9 Å². The number of ether oxygens (including phenoxy) is 1. The lowest BCUT2D eigenvalue weighted by Gasteiger charge is -2.03. The number of para-hydroxylation sites is 1. The third kappa shape index (κ3) is 5.04. The van der Waals surface area contributed by atoms with Crippen LogP contribution in [0.3, 0.4) is 0 Å². The fourth-order valence-electron chi connectivity index (χ4n) is 1.55. The standard InChI is InChI=1S/C8H11NO.C7H5NO3/c1-10-8-5-3-2-4-7(8)6-9;9-5-6-1-3-7(4-2-6)8(10)11/h2-5H,6,9H2,1H3;1-5H. The van der Waals surface area contributed by atoms with Crippen molar-refractivity contribution in [3.8, 4) is 5.75 Å². The molecule has 0 aliphatic rings. The lowest BCUT2D eigenvalue weighted by Crippen LogP contribution is -1.98. The van der Waals surface area contributed by atoms with Crippen molar-refractivity contribution in [3.05, 3.63) is 69.8 Å². The number of nitro benzene ring substituents is 1. The summed E-state index contributed by atoms with van der Waals surface area (Å²) in [7, 11) is 1.65. The second kappa shape index (κ2) is 8.44. The second-order valence-corrected chi connectivity index (χ2v) is 3.98. The van der Waals surface area contributed by atoms with Gasteiger partial charge >= 0.3 is 0 Å². The number of non-ortho nitro benzene ring substituents is 1. The highest BCUT2D eigenvalue weighted by atomic mass is 16.6. The molecule has 21 heavy (non-hydrogen) atoms. The van der Waals surface area contributed by atoms with Crippen molar-refractivity contribution >= 4 is 12.0 Å². The van der Waals surface area contributed by atoms with Crippen LogP contribution in [0.1, 0.15) is 15.9 Å². The van der Waals surface area contributed by atoms with Crippen LogP contribution in [0.5, 0.6) is 5.75 Å². The van der Waals surface area contributed by atoms with Crippen LogP contribution >= 0.6 is 0 Å². The van der Waals surface area contributed by atoms with Crippen LogP contribution in [0.2, 0.25) is 0 Å². The molecule has 2 aromatic rings. The molecule has 0 saturated heterocycles. The molecule has 0 saturated carbocycles. The van der Waals surface area contributed by atoms with E-state index in [4.69, 9.17) is 10.5 Å². The van der Waals surface area contributed by atoms with Crippen LogP contribution in [0.25, 0.3) is 0 Å². The predicted octanol–water partition coefficient (Wildman–Crippen LogP) is 2.56. The topological polar surface area (TPSA) is 95.5 Å². The van der Waals surface area contributed by atoms with Crippen molar-refractivity contribution < 1.29 is 14.5 Å². The van der Waals surface area contributed by atoms with E-state index in [0.29, 0.717) is 18.4 Å². The highest BCUT2D eigenvalue weighted by molar-refractivity contribution is 5.75. The van der Waals surface area contributed by atoms with Gasteiger partial charge in [0.15, 0.2) is 0 Å². The van der Waals surface area contributed by atoms with E-state index >= 15 is 0 Å². The molecule has 0 spiro atoms. The average Bonchev–Trinajstić information content (AvgIpc) is 2.55. The number of nitrogens with zero attached hydrogens (tertiary/aromatic N) is 1. The monoisotopic (exact) mass is 288 g/mol. The number of nitrogens with two attached hydrogens (primary N) is 1. The summed E-state index contributed by atoms with van der Waals surface area (Å²) in [5.74, 6) is 0.866. The number of carbonyl (C=O) groups excluding carboxylic acids is 1. The van der Waals surface area contributed by atoms with Crippen LogP contribution < -0.4 is 10.5 Å². The van der Waals surface area contributed by atoms with Gasteiger partial charge < -0.3 is 10.5 Å². The zero-order chi connectivity index (χ0) is 15.7. The predicted molar refractivity (Wildman–Crippen MR) is 79.4 cm³/mol. The lowest BCUT2D eigenvalue weighted by molar-refractivity contribution is -0.384. The highest BCUT2D eigenvalue weighted by Crippen LogP contribution is 2.15. The molecular weight excluding hydrogens is 272 g/mol. The Bertz CT molecular complexity index is 574. The third-order valence-corrected chi connectivity index (χ3v) is 2.65. The molecule has 110 valence electrons. The molecule has 0 aliphatic carbocycles. The van der Waals surface area contributed by atoms with E-state index in [1.54, 1.807) is 7.11 Å². The van der Waals surface area contributed by atoms with Crippen molar-refractivity contribution in [2.24, 2.45) is 5.73 Å². The van der Waals surface area contributed by atoms with Gasteiger partial charge in [-0.15, -0.1) is 0 Å². The summed E-state index contributed by atoms with van der Waals surface area (Å²) in [6.45, 7) is 0.532. The molecule has 0 heterocycles. The molecule has 2 aromatic carbocycles. The first kappa shape index (κ1) is 16.3. The summed E-state index contributed by atoms with van der Waals surface area (Å²) in [6.07, 6.45) is 0.643. The Morgan fingerprint density at radius 2 is 1.81 bits per heavy atom. The minimum absolute atomic E-state index is 0.00407. The van der Waals surface area contributed by atoms with Crippen molar-refractivity contribution in [1.82, 2.24) is 0 Å². The van der Waals surface area contributed by atoms with Gasteiger partial charge in [0.2, 0.25) is 0 Å². The van der Waals surface area contributed by atoms with Crippen molar-refractivity contribution in [2.75, 3.05) is 7.11 Å². The number of carbonyl (C=O) groups is 1. The van der Waals surface area contributed by atoms with Crippen molar-refractivity contribution in [1.29, 1.82) is 0 Å². The Labute approximate surface area is 122 Å². The number of methoxy groups -OCH3 is 1. The summed E-state index contributed by atoms with van der Waals surface area (Å²) >= 11 is 0. The van der Waals surface area contributed by atoms with Crippen LogP contribution in [0.15, 0.2) is 48.5 Å². The zero-order valence-electron chi connectivity index (χ0n) is 11.6. The Morgan fingerprint density at radius 1 is 1.19 bits per heavy atom. The maximum atomic E-state index is 10.1. The molecule has 0 amide bonds. The van der Waals surface area contributed by atoms with Gasteiger partial charge in [0.25, 0.3) is 5.69 Å². The molecular formula is C15H16N2O4. The fourth-order valence-corrected chi connectivity index (χ4v) is 1.55. The molecule has 0 atom stereocenters. The van der Waals surface area contributed by atoms with Crippen LogP contribution in [0, 0.1) is 10.1 Å². The summed E-state index contributed by atoms with van der Waals surface area (Å²) in [5, 5.41) is 10.1. The zero-order valence-corrected chi connectivity index (χ0v) is 11.6. The summed E-state index contributed by atoms with van der Waals surface area (Å²) in [6, 6.07) is 13.1. The number of hydrogen-bond donors (Lipinski definition) is 1. The van der Waals surface area contributed by atoms with E-state index in [0.717, 1.165) is 11.3 Å². The third-order valence-electron chi connectivity index (χ3n) is 2.65. The van der Waals surface area contributed by atoms with Gasteiger partial charge in [-0.05, 0) is 18.2 Å². The molecule has 0 radical (unpaired) electrons. The minimum atomic E-state index is -0.505. The van der Waals surface area contributed by atoms with Crippen LogP contribution in [-0.2, 0) is 6.54 Å². The Morgan fingerprint density at radius 3 is 2.24 bits per heavy atom. The maximum Gasteiger partial charge on any atom is 0.269 e. The first-order chi connectivity index (χ1) is 10.1. The molecule has 0 aliphatic heterocycles. The summed E-state index contributed by atoms with van der Waals surface area (Å²) in [4.78, 5) is 19.7. The van der Waals surface area contributed by atoms with Crippen LogP contribution in [0.4, 0.5) is 5.69 Å². The molecule has 2 rings (SSSR count). The van der Waals surface area contributed by atoms with Gasteiger partial charge in [-0.25, -0.2) is 0 Å². The Kier molecular flexibility index (Phi) is 6.56. The largest absolute Gasteiger partial charge is 0.496 e. The van der Waals surface area contributed by atoms with Crippen LogP contribution in [-0.4, -0.2) is 18.3 Å². The van der Waals surface area contributed by atoms with Gasteiger partial charge in [-0.2, -0.15) is 0 Å². The molecule has 0 fully saturated rings. The molecule has 2 N–H and O–H groups in total. The van der Waals surface area contributed by atoms with Crippen molar-refractivity contribution in [3.63, 3.8) is 0 Å². The summed E-state index contributed by atoms with van der Waals surface area (Å²) < 4.78 is 5.06. The van der Waals surface area contributed by atoms with E-state index in [2.05, 4.69) is 0 Å².